The Labute approximate surface area is 251 Å². The molecule has 5 rings (SSSR count). The number of hydrogen-bond donors (Lipinski definition) is 2. The first kappa shape index (κ1) is 29.6. The molecule has 2 heterocycles. The molecule has 0 aromatic heterocycles. The van der Waals surface area contributed by atoms with E-state index in [1.54, 1.807) is 17.0 Å². The smallest absolute Gasteiger partial charge is 0.412 e. The number of ether oxygens (including phenoxy) is 2. The van der Waals surface area contributed by atoms with Crippen LogP contribution in [0, 0.1) is 0 Å². The van der Waals surface area contributed by atoms with Crippen LogP contribution in [0.2, 0.25) is 0 Å². The lowest BCUT2D eigenvalue weighted by Gasteiger charge is -2.24. The summed E-state index contributed by atoms with van der Waals surface area (Å²) in [6, 6.07) is 18.9. The molecule has 2 amide bonds. The monoisotopic (exact) mass is 580 g/mol. The molecule has 2 aliphatic heterocycles. The number of nitrogens with zero attached hydrogens (tertiary/aromatic N) is 2. The van der Waals surface area contributed by atoms with Gasteiger partial charge in [0.05, 0.1) is 11.3 Å². The third-order valence-electron chi connectivity index (χ3n) is 7.05. The van der Waals surface area contributed by atoms with Gasteiger partial charge in [-0.05, 0) is 74.2 Å². The van der Waals surface area contributed by atoms with Crippen LogP contribution >= 0.6 is 0 Å². The van der Waals surface area contributed by atoms with E-state index in [1.165, 1.54) is 0 Å². The van der Waals surface area contributed by atoms with Crippen LogP contribution in [0.4, 0.5) is 16.2 Å². The minimum absolute atomic E-state index is 0.106. The van der Waals surface area contributed by atoms with E-state index in [2.05, 4.69) is 10.3 Å². The largest absolute Gasteiger partial charge is 0.457 e. The molecule has 9 nitrogen and oxygen atoms in total. The number of amidine groups is 1. The number of rotatable bonds is 7. The predicted octanol–water partition coefficient (Wildman–Crippen LogP) is 6.59. The van der Waals surface area contributed by atoms with E-state index >= 15 is 0 Å². The molecule has 43 heavy (non-hydrogen) atoms. The fourth-order valence-electron chi connectivity index (χ4n) is 5.06. The molecule has 0 bridgehead atoms. The van der Waals surface area contributed by atoms with Gasteiger partial charge in [-0.15, -0.1) is 0 Å². The first-order chi connectivity index (χ1) is 20.5. The van der Waals surface area contributed by atoms with Crippen molar-refractivity contribution in [3.05, 3.63) is 88.5 Å². The Bertz CT molecular complexity index is 1630. The second kappa shape index (κ2) is 12.1. The number of cyclic esters (lactones) is 1. The minimum atomic E-state index is -0.589. The van der Waals surface area contributed by atoms with E-state index in [-0.39, 0.29) is 18.3 Å². The van der Waals surface area contributed by atoms with Gasteiger partial charge in [-0.25, -0.2) is 14.6 Å². The molecule has 0 unspecified atom stereocenters. The van der Waals surface area contributed by atoms with Gasteiger partial charge in [-0.1, -0.05) is 43.3 Å². The molecule has 0 saturated carbocycles. The first-order valence-corrected chi connectivity index (χ1v) is 14.4. The molecule has 9 heteroatoms. The quantitative estimate of drug-likeness (QED) is 0.304. The van der Waals surface area contributed by atoms with Crippen LogP contribution in [0.15, 0.2) is 71.2 Å². The Hall–Kier alpha value is -4.92. The van der Waals surface area contributed by atoms with Crippen molar-refractivity contribution in [3.63, 3.8) is 0 Å². The maximum absolute atomic E-state index is 13.8. The van der Waals surface area contributed by atoms with Crippen LogP contribution in [0.25, 0.3) is 17.2 Å². The Kier molecular flexibility index (Phi) is 8.34. The maximum atomic E-state index is 13.8. The van der Waals surface area contributed by atoms with Crippen molar-refractivity contribution >= 4 is 41.3 Å². The average Bonchev–Trinajstić information content (AvgIpc) is 3.23. The fourth-order valence-corrected chi connectivity index (χ4v) is 5.06. The Morgan fingerprint density at radius 3 is 2.49 bits per heavy atom. The van der Waals surface area contributed by atoms with Crippen LogP contribution in [0.1, 0.15) is 67.6 Å². The standard InChI is InChI=1S/C34H36N4O5/c1-5-14-38(19-21-6-12-27(13-7-21)36-33(41)43-34(2,3)4)31(39)26-15-24-10-8-23(17-29(24)37-30(35)18-26)22-9-11-25-20-42-32(40)28(25)16-22/h6-13,15-17H,5,14,18-20H2,1-4H3,(H2,35,37)(H,36,41). The third-order valence-corrected chi connectivity index (χ3v) is 7.05. The highest BCUT2D eigenvalue weighted by Gasteiger charge is 2.24. The van der Waals surface area contributed by atoms with Crippen molar-refractivity contribution in [1.29, 1.82) is 0 Å². The molecular formula is C34H36N4O5. The second-order valence-electron chi connectivity index (χ2n) is 11.7. The molecule has 3 aromatic carbocycles. The maximum Gasteiger partial charge on any atom is 0.412 e. The van der Waals surface area contributed by atoms with Crippen molar-refractivity contribution in [2.45, 2.75) is 59.3 Å². The van der Waals surface area contributed by atoms with E-state index in [1.807, 2.05) is 82.3 Å². The summed E-state index contributed by atoms with van der Waals surface area (Å²) in [4.78, 5) is 44.4. The molecule has 0 atom stereocenters. The van der Waals surface area contributed by atoms with Crippen molar-refractivity contribution in [1.82, 2.24) is 4.90 Å². The molecule has 0 radical (unpaired) electrons. The molecule has 0 aliphatic carbocycles. The SMILES string of the molecule is CCCN(Cc1ccc(NC(=O)OC(C)(C)C)cc1)C(=O)C1=Cc2ccc(-c3ccc4c(c3)C(=O)OC4)cc2N=C(N)C1. The lowest BCUT2D eigenvalue weighted by Crippen LogP contribution is -2.33. The summed E-state index contributed by atoms with van der Waals surface area (Å²) in [7, 11) is 0. The first-order valence-electron chi connectivity index (χ1n) is 14.4. The number of carbonyl (C=O) groups excluding carboxylic acids is 3. The number of amides is 2. The molecule has 222 valence electrons. The van der Waals surface area contributed by atoms with Crippen molar-refractivity contribution in [3.8, 4) is 11.1 Å². The van der Waals surface area contributed by atoms with Crippen LogP contribution in [0.3, 0.4) is 0 Å². The number of anilines is 1. The highest BCUT2D eigenvalue weighted by atomic mass is 16.6. The zero-order valence-electron chi connectivity index (χ0n) is 24.9. The van der Waals surface area contributed by atoms with E-state index < -0.39 is 11.7 Å². The molecule has 3 N–H and O–H groups in total. The molecule has 0 saturated heterocycles. The molecule has 2 aliphatic rings. The van der Waals surface area contributed by atoms with E-state index in [4.69, 9.17) is 15.2 Å². The summed E-state index contributed by atoms with van der Waals surface area (Å²) in [6.45, 7) is 8.72. The summed E-state index contributed by atoms with van der Waals surface area (Å²) in [5, 5.41) is 2.73. The highest BCUT2D eigenvalue weighted by molar-refractivity contribution is 6.05. The van der Waals surface area contributed by atoms with Crippen LogP contribution in [-0.2, 0) is 27.4 Å². The molecule has 0 fully saturated rings. The lowest BCUT2D eigenvalue weighted by atomic mass is 9.98. The average molecular weight is 581 g/mol. The van der Waals surface area contributed by atoms with Crippen molar-refractivity contribution < 1.29 is 23.9 Å². The Morgan fingerprint density at radius 1 is 1.05 bits per heavy atom. The second-order valence-corrected chi connectivity index (χ2v) is 11.7. The van der Waals surface area contributed by atoms with Gasteiger partial charge in [0, 0.05) is 41.9 Å². The number of esters is 1. The predicted molar refractivity (Wildman–Crippen MR) is 167 cm³/mol. The summed E-state index contributed by atoms with van der Waals surface area (Å²) >= 11 is 0. The highest BCUT2D eigenvalue weighted by Crippen LogP contribution is 2.34. The van der Waals surface area contributed by atoms with E-state index in [9.17, 15) is 14.4 Å². The number of aliphatic imine (C=N–C) groups is 1. The molecular weight excluding hydrogens is 544 g/mol. The zero-order chi connectivity index (χ0) is 30.7. The van der Waals surface area contributed by atoms with Gasteiger partial charge in [0.1, 0.15) is 18.0 Å². The van der Waals surface area contributed by atoms with Gasteiger partial charge in [0.2, 0.25) is 0 Å². The fraction of sp³-hybridized carbons (Fsp3) is 0.294. The van der Waals surface area contributed by atoms with Crippen LogP contribution in [0.5, 0.6) is 0 Å². The normalized spacial score (nSPS) is 14.0. The van der Waals surface area contributed by atoms with Crippen molar-refractivity contribution in [2.24, 2.45) is 10.7 Å². The summed E-state index contributed by atoms with van der Waals surface area (Å²) in [5.74, 6) is -0.0722. The van der Waals surface area contributed by atoms with Crippen molar-refractivity contribution in [2.75, 3.05) is 11.9 Å². The number of benzene rings is 3. The molecule has 0 spiro atoms. The van der Waals surface area contributed by atoms with E-state index in [0.717, 1.165) is 34.2 Å². The number of hydrogen-bond acceptors (Lipinski definition) is 7. The summed E-state index contributed by atoms with van der Waals surface area (Å²) in [6.07, 6.45) is 2.36. The number of carbonyl (C=O) groups is 3. The molecule has 3 aromatic rings. The third kappa shape index (κ3) is 7.12. The van der Waals surface area contributed by atoms with Crippen LogP contribution < -0.4 is 11.1 Å². The summed E-state index contributed by atoms with van der Waals surface area (Å²) in [5.41, 5.74) is 12.5. The van der Waals surface area contributed by atoms with Crippen LogP contribution in [-0.4, -0.2) is 40.9 Å². The van der Waals surface area contributed by atoms with Gasteiger partial charge >= 0.3 is 12.1 Å². The number of nitrogens with two attached hydrogens (primary N) is 1. The van der Waals surface area contributed by atoms with E-state index in [0.29, 0.717) is 48.0 Å². The number of nitrogens with one attached hydrogen (secondary N) is 1. The number of fused-ring (bicyclic) bond motifs is 2. The zero-order valence-corrected chi connectivity index (χ0v) is 24.9. The topological polar surface area (TPSA) is 123 Å². The minimum Gasteiger partial charge on any atom is -0.457 e. The van der Waals surface area contributed by atoms with Gasteiger partial charge in [0.15, 0.2) is 0 Å². The van der Waals surface area contributed by atoms with Gasteiger partial charge in [0.25, 0.3) is 5.91 Å². The van der Waals surface area contributed by atoms with Gasteiger partial charge in [-0.3, -0.25) is 10.1 Å². The van der Waals surface area contributed by atoms with Gasteiger partial charge in [-0.2, -0.15) is 0 Å². The van der Waals surface area contributed by atoms with Gasteiger partial charge < -0.3 is 20.1 Å². The summed E-state index contributed by atoms with van der Waals surface area (Å²) < 4.78 is 10.4. The lowest BCUT2D eigenvalue weighted by molar-refractivity contribution is -0.127. The Morgan fingerprint density at radius 2 is 1.77 bits per heavy atom. The Balaban J connectivity index is 1.34.